The van der Waals surface area contributed by atoms with Crippen LogP contribution in [-0.4, -0.2) is 11.6 Å². The predicted molar refractivity (Wildman–Crippen MR) is 142 cm³/mol. The highest BCUT2D eigenvalue weighted by Gasteiger charge is 2.34. The van der Waals surface area contributed by atoms with Gasteiger partial charge >= 0.3 is 0 Å². The van der Waals surface area contributed by atoms with E-state index in [1.165, 1.54) is 22.5 Å². The monoisotopic (exact) mass is 469 g/mol. The molecule has 0 radical (unpaired) electrons. The number of Topliss-reactive ketones (excluding diaryl/α,β-unsaturated/α-hetero) is 2. The van der Waals surface area contributed by atoms with Crippen LogP contribution in [0.5, 0.6) is 0 Å². The van der Waals surface area contributed by atoms with Crippen LogP contribution in [0.1, 0.15) is 36.7 Å². The molecule has 35 heavy (non-hydrogen) atoms. The second kappa shape index (κ2) is 7.62. The first-order chi connectivity index (χ1) is 17.2. The fraction of sp³-hybridized carbons (Fsp3) is 0.0323. The van der Waals surface area contributed by atoms with Crippen LogP contribution in [0.4, 0.5) is 16.4 Å². The van der Waals surface area contributed by atoms with Gasteiger partial charge in [0.15, 0.2) is 11.6 Å². The molecule has 3 nitrogen and oxygen atoms in total. The molecule has 2 aliphatic rings. The summed E-state index contributed by atoms with van der Waals surface area (Å²) in [5.74, 6) is -0.384. The molecule has 1 aliphatic carbocycles. The largest absolute Gasteiger partial charge is 0.301 e. The van der Waals surface area contributed by atoms with Crippen molar-refractivity contribution in [3.63, 3.8) is 0 Å². The maximum Gasteiger partial charge on any atom is 0.198 e. The Bertz CT molecular complexity index is 1680. The molecule has 4 heteroatoms. The van der Waals surface area contributed by atoms with Crippen molar-refractivity contribution in [1.82, 2.24) is 0 Å². The van der Waals surface area contributed by atoms with E-state index >= 15 is 0 Å². The first-order valence-corrected chi connectivity index (χ1v) is 12.4. The van der Waals surface area contributed by atoms with Gasteiger partial charge in [0.05, 0.1) is 16.9 Å². The van der Waals surface area contributed by atoms with Crippen molar-refractivity contribution in [1.29, 1.82) is 0 Å². The van der Waals surface area contributed by atoms with Crippen molar-refractivity contribution in [2.75, 3.05) is 4.90 Å². The smallest absolute Gasteiger partial charge is 0.198 e. The number of benzene rings is 4. The van der Waals surface area contributed by atoms with Crippen LogP contribution < -0.4 is 4.90 Å². The van der Waals surface area contributed by atoms with E-state index in [9.17, 15) is 9.59 Å². The molecule has 166 valence electrons. The Morgan fingerprint density at radius 2 is 1.37 bits per heavy atom. The molecule has 0 amide bonds. The molecule has 0 spiro atoms. The van der Waals surface area contributed by atoms with Crippen LogP contribution in [0.2, 0.25) is 0 Å². The Hall–Kier alpha value is -4.28. The zero-order chi connectivity index (χ0) is 23.5. The van der Waals surface area contributed by atoms with Crippen molar-refractivity contribution in [3.8, 4) is 0 Å². The summed E-state index contributed by atoms with van der Waals surface area (Å²) in [5, 5.41) is 2.85. The van der Waals surface area contributed by atoms with Crippen molar-refractivity contribution >= 4 is 56.1 Å². The van der Waals surface area contributed by atoms with E-state index in [1.807, 2.05) is 36.4 Å². The van der Waals surface area contributed by atoms with Gasteiger partial charge in [-0.2, -0.15) is 0 Å². The number of hydrogen-bond donors (Lipinski definition) is 0. The van der Waals surface area contributed by atoms with Crippen LogP contribution in [0, 0.1) is 0 Å². The van der Waals surface area contributed by atoms with Gasteiger partial charge in [0, 0.05) is 22.4 Å². The molecule has 7 rings (SSSR count). The first-order valence-electron chi connectivity index (χ1n) is 11.6. The molecule has 0 atom stereocenters. The second-order valence-corrected chi connectivity index (χ2v) is 9.96. The molecular formula is C31H19NO2S. The molecule has 0 saturated heterocycles. The van der Waals surface area contributed by atoms with E-state index in [0.717, 1.165) is 27.1 Å². The van der Waals surface area contributed by atoms with Gasteiger partial charge < -0.3 is 4.90 Å². The van der Waals surface area contributed by atoms with Crippen molar-refractivity contribution in [2.24, 2.45) is 0 Å². The fourth-order valence-corrected chi connectivity index (χ4v) is 6.21. The highest BCUT2D eigenvalue weighted by molar-refractivity contribution is 7.17. The molecule has 4 aromatic carbocycles. The second-order valence-electron chi connectivity index (χ2n) is 8.87. The Kier molecular flexibility index (Phi) is 4.38. The highest BCUT2D eigenvalue weighted by Crippen LogP contribution is 2.46. The Balaban J connectivity index is 1.31. The third kappa shape index (κ3) is 3.04. The third-order valence-electron chi connectivity index (χ3n) is 6.86. The van der Waals surface area contributed by atoms with E-state index in [2.05, 4.69) is 59.5 Å². The van der Waals surface area contributed by atoms with Gasteiger partial charge in [-0.05, 0) is 58.3 Å². The number of carbonyl (C=O) groups is 2. The lowest BCUT2D eigenvalue weighted by atomic mass is 9.96. The van der Waals surface area contributed by atoms with Crippen molar-refractivity contribution < 1.29 is 9.59 Å². The number of carbonyl (C=O) groups excluding carboxylic acids is 2. The summed E-state index contributed by atoms with van der Waals surface area (Å²) in [6.45, 7) is 0. The van der Waals surface area contributed by atoms with E-state index in [4.69, 9.17) is 0 Å². The molecule has 2 heterocycles. The molecule has 0 fully saturated rings. The first kappa shape index (κ1) is 20.1. The maximum atomic E-state index is 13.4. The average molecular weight is 470 g/mol. The standard InChI is InChI=1S/C31H19NO2S/c33-30-24-15-13-19-7-1-4-10-23(19)29(24)31(34)25(30)18-22-14-16-28(35-22)32-26-11-5-2-8-20(26)17-21-9-3-6-12-27(21)32/h1-16,18H,17H2/b25-18+. The lowest BCUT2D eigenvalue weighted by Gasteiger charge is -2.32. The molecule has 5 aromatic rings. The minimum Gasteiger partial charge on any atom is -0.301 e. The number of ketones is 2. The van der Waals surface area contributed by atoms with Gasteiger partial charge in [-0.25, -0.2) is 0 Å². The summed E-state index contributed by atoms with van der Waals surface area (Å²) in [6.07, 6.45) is 2.66. The third-order valence-corrected chi connectivity index (χ3v) is 7.87. The zero-order valence-corrected chi connectivity index (χ0v) is 19.5. The van der Waals surface area contributed by atoms with Gasteiger partial charge in [0.25, 0.3) is 0 Å². The predicted octanol–water partition coefficient (Wildman–Crippen LogP) is 7.74. The normalized spacial score (nSPS) is 15.4. The number of anilines is 3. The molecule has 1 aliphatic heterocycles. The lowest BCUT2D eigenvalue weighted by Crippen LogP contribution is -2.17. The van der Waals surface area contributed by atoms with Crippen LogP contribution in [0.25, 0.3) is 16.8 Å². The quantitative estimate of drug-likeness (QED) is 0.192. The number of fused-ring (bicyclic) bond motifs is 5. The number of nitrogens with zero attached hydrogens (tertiary/aromatic N) is 1. The highest BCUT2D eigenvalue weighted by atomic mass is 32.1. The van der Waals surface area contributed by atoms with E-state index in [1.54, 1.807) is 23.5 Å². The van der Waals surface area contributed by atoms with Gasteiger partial charge in [0.1, 0.15) is 5.00 Å². The summed E-state index contributed by atoms with van der Waals surface area (Å²) in [7, 11) is 0. The maximum absolute atomic E-state index is 13.4. The molecular weight excluding hydrogens is 450 g/mol. The van der Waals surface area contributed by atoms with Crippen LogP contribution in [-0.2, 0) is 6.42 Å². The zero-order valence-electron chi connectivity index (χ0n) is 18.7. The van der Waals surface area contributed by atoms with E-state index in [0.29, 0.717) is 11.1 Å². The van der Waals surface area contributed by atoms with Gasteiger partial charge in [-0.3, -0.25) is 9.59 Å². The van der Waals surface area contributed by atoms with Crippen LogP contribution in [0.15, 0.2) is 103 Å². The summed E-state index contributed by atoms with van der Waals surface area (Å²) in [4.78, 5) is 29.7. The Morgan fingerprint density at radius 3 is 2.14 bits per heavy atom. The Labute approximate surface area is 206 Å². The van der Waals surface area contributed by atoms with Crippen molar-refractivity contribution in [3.05, 3.63) is 130 Å². The molecule has 0 bridgehead atoms. The van der Waals surface area contributed by atoms with Gasteiger partial charge in [-0.15, -0.1) is 11.3 Å². The summed E-state index contributed by atoms with van der Waals surface area (Å²) in [6, 6.07) is 32.4. The van der Waals surface area contributed by atoms with E-state index in [-0.39, 0.29) is 17.1 Å². The molecule has 1 aromatic heterocycles. The average Bonchev–Trinajstić information content (AvgIpc) is 3.45. The molecule has 0 unspecified atom stereocenters. The minimum absolute atomic E-state index is 0.189. The fourth-order valence-electron chi connectivity index (χ4n) is 5.23. The number of hydrogen-bond acceptors (Lipinski definition) is 4. The van der Waals surface area contributed by atoms with Gasteiger partial charge in [-0.1, -0.05) is 66.7 Å². The Morgan fingerprint density at radius 1 is 0.686 bits per heavy atom. The lowest BCUT2D eigenvalue weighted by molar-refractivity contribution is 0.0991. The number of rotatable bonds is 2. The number of thiophene rings is 1. The van der Waals surface area contributed by atoms with Crippen molar-refractivity contribution in [2.45, 2.75) is 6.42 Å². The number of para-hydroxylation sites is 2. The summed E-state index contributed by atoms with van der Waals surface area (Å²) >= 11 is 1.58. The molecule has 0 N–H and O–H groups in total. The summed E-state index contributed by atoms with van der Waals surface area (Å²) < 4.78 is 0. The summed E-state index contributed by atoms with van der Waals surface area (Å²) in [5.41, 5.74) is 6.15. The SMILES string of the molecule is O=C1/C(=C\c2ccc(N3c4ccccc4Cc4ccccc43)s2)C(=O)c2c1ccc1ccccc21. The van der Waals surface area contributed by atoms with Crippen LogP contribution >= 0.6 is 11.3 Å². The topological polar surface area (TPSA) is 37.4 Å². The molecule has 0 saturated carbocycles. The number of allylic oxidation sites excluding steroid dienone is 1. The minimum atomic E-state index is -0.195. The van der Waals surface area contributed by atoms with Crippen LogP contribution in [0.3, 0.4) is 0 Å². The van der Waals surface area contributed by atoms with E-state index < -0.39 is 0 Å². The van der Waals surface area contributed by atoms with Gasteiger partial charge in [0.2, 0.25) is 0 Å².